The summed E-state index contributed by atoms with van der Waals surface area (Å²) in [4.78, 5) is 3.26. The maximum Gasteiger partial charge on any atom is 0.418 e. The van der Waals surface area contributed by atoms with Gasteiger partial charge in [0, 0.05) is 3.57 Å². The Hall–Kier alpha value is -0.470. The molecule has 0 saturated heterocycles. The van der Waals surface area contributed by atoms with E-state index in [0.717, 1.165) is 6.92 Å². The first-order chi connectivity index (χ1) is 6.73. The summed E-state index contributed by atoms with van der Waals surface area (Å²) in [5, 5.41) is 0. The molecule has 0 aliphatic rings. The van der Waals surface area contributed by atoms with Crippen molar-refractivity contribution >= 4 is 22.6 Å². The number of aromatic nitrogens is 1. The number of nitrogens with zero attached hydrogens (tertiary/aromatic N) is 1. The summed E-state index contributed by atoms with van der Waals surface area (Å²) < 4.78 is 61.4. The van der Waals surface area contributed by atoms with Crippen LogP contribution >= 0.6 is 22.6 Å². The highest BCUT2D eigenvalue weighted by molar-refractivity contribution is 14.1. The Morgan fingerprint density at radius 3 is 2.27 bits per heavy atom. The van der Waals surface area contributed by atoms with Crippen molar-refractivity contribution in [3.8, 4) is 0 Å². The molecule has 1 aromatic rings. The van der Waals surface area contributed by atoms with E-state index >= 15 is 0 Å². The van der Waals surface area contributed by atoms with Crippen LogP contribution in [0.3, 0.4) is 0 Å². The number of rotatable bonds is 1. The zero-order valence-corrected chi connectivity index (χ0v) is 9.53. The second-order valence-electron chi connectivity index (χ2n) is 2.79. The van der Waals surface area contributed by atoms with E-state index in [0.29, 0.717) is 6.07 Å². The van der Waals surface area contributed by atoms with Gasteiger partial charge >= 0.3 is 6.18 Å². The van der Waals surface area contributed by atoms with Gasteiger partial charge in [-0.05, 0) is 35.6 Å². The molecule has 0 spiro atoms. The average Bonchev–Trinajstić information content (AvgIpc) is 2.06. The van der Waals surface area contributed by atoms with Crippen LogP contribution in [0.2, 0.25) is 0 Å². The summed E-state index contributed by atoms with van der Waals surface area (Å²) >= 11 is 1.42. The lowest BCUT2D eigenvalue weighted by molar-refractivity contribution is -0.138. The molecule has 84 valence electrons. The van der Waals surface area contributed by atoms with Crippen molar-refractivity contribution in [3.63, 3.8) is 0 Å². The molecule has 0 atom stereocenters. The van der Waals surface area contributed by atoms with E-state index in [1.807, 2.05) is 0 Å². The number of hydrogen-bond donors (Lipinski definition) is 0. The Morgan fingerprint density at radius 1 is 1.33 bits per heavy atom. The van der Waals surface area contributed by atoms with Crippen LogP contribution in [-0.4, -0.2) is 4.98 Å². The molecule has 0 amide bonds. The number of aryl methyl sites for hydroxylation is 1. The van der Waals surface area contributed by atoms with Gasteiger partial charge in [0.15, 0.2) is 0 Å². The zero-order chi connectivity index (χ0) is 11.8. The Bertz CT molecular complexity index is 374. The first kappa shape index (κ1) is 12.6. The molecule has 0 aliphatic carbocycles. The lowest BCUT2D eigenvalue weighted by atomic mass is 10.2. The average molecular weight is 337 g/mol. The van der Waals surface area contributed by atoms with E-state index in [2.05, 4.69) is 4.98 Å². The van der Waals surface area contributed by atoms with Crippen LogP contribution in [0, 0.1) is 10.5 Å². The number of pyridine rings is 1. The van der Waals surface area contributed by atoms with E-state index < -0.39 is 29.6 Å². The van der Waals surface area contributed by atoms with Crippen molar-refractivity contribution in [1.82, 2.24) is 4.98 Å². The van der Waals surface area contributed by atoms with E-state index in [1.165, 1.54) is 22.6 Å². The highest BCUT2D eigenvalue weighted by Crippen LogP contribution is 2.34. The lowest BCUT2D eigenvalue weighted by Gasteiger charge is -2.12. The van der Waals surface area contributed by atoms with Crippen LogP contribution in [0.25, 0.3) is 0 Å². The van der Waals surface area contributed by atoms with Crippen LogP contribution in [0.1, 0.15) is 23.4 Å². The van der Waals surface area contributed by atoms with Crippen LogP contribution in [-0.2, 0) is 6.18 Å². The minimum Gasteiger partial charge on any atom is -0.250 e. The lowest BCUT2D eigenvalue weighted by Crippen LogP contribution is -2.11. The Labute approximate surface area is 95.8 Å². The van der Waals surface area contributed by atoms with Gasteiger partial charge in [-0.15, -0.1) is 0 Å². The van der Waals surface area contributed by atoms with Crippen molar-refractivity contribution in [2.75, 3.05) is 0 Å². The molecule has 0 fully saturated rings. The number of hydrogen-bond acceptors (Lipinski definition) is 1. The van der Waals surface area contributed by atoms with E-state index in [9.17, 15) is 22.0 Å². The molecular formula is C8H5F5IN. The van der Waals surface area contributed by atoms with Crippen molar-refractivity contribution in [2.45, 2.75) is 19.5 Å². The molecule has 1 rings (SSSR count). The van der Waals surface area contributed by atoms with E-state index in [-0.39, 0.29) is 3.57 Å². The summed E-state index contributed by atoms with van der Waals surface area (Å²) in [7, 11) is 0. The van der Waals surface area contributed by atoms with Crippen molar-refractivity contribution in [1.29, 1.82) is 0 Å². The Morgan fingerprint density at radius 2 is 1.87 bits per heavy atom. The Kier molecular flexibility index (Phi) is 3.51. The number of halogens is 6. The summed E-state index contributed by atoms with van der Waals surface area (Å²) in [6.07, 6.45) is -7.42. The monoisotopic (exact) mass is 337 g/mol. The highest BCUT2D eigenvalue weighted by atomic mass is 127. The van der Waals surface area contributed by atoms with Crippen LogP contribution in [0.15, 0.2) is 6.07 Å². The second kappa shape index (κ2) is 4.18. The molecule has 0 saturated carbocycles. The zero-order valence-electron chi connectivity index (χ0n) is 7.37. The largest absolute Gasteiger partial charge is 0.418 e. The van der Waals surface area contributed by atoms with Gasteiger partial charge in [-0.1, -0.05) is 0 Å². The molecule has 15 heavy (non-hydrogen) atoms. The maximum absolute atomic E-state index is 12.3. The minimum atomic E-state index is -4.56. The smallest absolute Gasteiger partial charge is 0.250 e. The summed E-state index contributed by atoms with van der Waals surface area (Å²) in [5.74, 6) is 0. The van der Waals surface area contributed by atoms with Gasteiger partial charge in [0.25, 0.3) is 6.43 Å². The van der Waals surface area contributed by atoms with Gasteiger partial charge in [0.2, 0.25) is 0 Å². The fraction of sp³-hybridized carbons (Fsp3) is 0.375. The Balaban J connectivity index is 3.32. The quantitative estimate of drug-likeness (QED) is 0.559. The molecule has 7 heteroatoms. The van der Waals surface area contributed by atoms with E-state index in [4.69, 9.17) is 0 Å². The third-order valence-corrected chi connectivity index (χ3v) is 2.57. The minimum absolute atomic E-state index is 0.180. The molecule has 0 aromatic carbocycles. The second-order valence-corrected chi connectivity index (χ2v) is 3.95. The number of alkyl halides is 5. The predicted octanol–water partition coefficient (Wildman–Crippen LogP) is 3.95. The van der Waals surface area contributed by atoms with Crippen molar-refractivity contribution < 1.29 is 22.0 Å². The van der Waals surface area contributed by atoms with Gasteiger partial charge in [-0.2, -0.15) is 13.2 Å². The van der Waals surface area contributed by atoms with Gasteiger partial charge in [0.05, 0.1) is 11.3 Å². The van der Waals surface area contributed by atoms with Gasteiger partial charge in [0.1, 0.15) is 5.69 Å². The molecule has 0 bridgehead atoms. The third-order valence-electron chi connectivity index (χ3n) is 1.71. The molecule has 0 N–H and O–H groups in total. The molecular weight excluding hydrogens is 332 g/mol. The van der Waals surface area contributed by atoms with Crippen molar-refractivity contribution in [2.24, 2.45) is 0 Å². The summed E-state index contributed by atoms with van der Waals surface area (Å²) in [5.41, 5.74) is -2.02. The highest BCUT2D eigenvalue weighted by Gasteiger charge is 2.34. The molecule has 0 unspecified atom stereocenters. The predicted molar refractivity (Wildman–Crippen MR) is 51.7 cm³/mol. The van der Waals surface area contributed by atoms with Gasteiger partial charge in [-0.25, -0.2) is 8.78 Å². The third kappa shape index (κ3) is 2.76. The first-order valence-electron chi connectivity index (χ1n) is 3.76. The summed E-state index contributed by atoms with van der Waals surface area (Å²) in [6.45, 7) is 1.06. The van der Waals surface area contributed by atoms with Crippen LogP contribution in [0.4, 0.5) is 22.0 Å². The molecule has 0 radical (unpaired) electrons. The van der Waals surface area contributed by atoms with E-state index in [1.54, 1.807) is 0 Å². The summed E-state index contributed by atoms with van der Waals surface area (Å²) in [6, 6.07) is 0.685. The van der Waals surface area contributed by atoms with Crippen LogP contribution in [0.5, 0.6) is 0 Å². The SMILES string of the molecule is Cc1nc(C(F)F)c(I)cc1C(F)(F)F. The molecule has 1 heterocycles. The fourth-order valence-electron chi connectivity index (χ4n) is 1.04. The first-order valence-corrected chi connectivity index (χ1v) is 4.83. The standard InChI is InChI=1S/C8H5F5IN/c1-3-4(8(11,12)13)2-5(14)6(15-3)7(9)10/h2,7H,1H3. The fourth-order valence-corrected chi connectivity index (χ4v) is 1.71. The topological polar surface area (TPSA) is 12.9 Å². The molecule has 1 nitrogen and oxygen atoms in total. The molecule has 0 aliphatic heterocycles. The maximum atomic E-state index is 12.3. The van der Waals surface area contributed by atoms with Gasteiger partial charge < -0.3 is 0 Å². The van der Waals surface area contributed by atoms with Crippen LogP contribution < -0.4 is 0 Å². The normalized spacial score (nSPS) is 12.3. The van der Waals surface area contributed by atoms with Crippen molar-refractivity contribution in [3.05, 3.63) is 26.6 Å². The molecule has 1 aromatic heterocycles. The van der Waals surface area contributed by atoms with Gasteiger partial charge in [-0.3, -0.25) is 4.98 Å².